The zero-order valence-corrected chi connectivity index (χ0v) is 14.0. The van der Waals surface area contributed by atoms with Gasteiger partial charge in [0.2, 0.25) is 5.75 Å². The highest BCUT2D eigenvalue weighted by molar-refractivity contribution is 5.85. The smallest absolute Gasteiger partial charge is 0.203 e. The summed E-state index contributed by atoms with van der Waals surface area (Å²) < 4.78 is 15.9. The lowest BCUT2D eigenvalue weighted by molar-refractivity contribution is 0.324. The van der Waals surface area contributed by atoms with E-state index in [0.717, 1.165) is 16.7 Å². The monoisotopic (exact) mass is 315 g/mol. The Balaban J connectivity index is 2.44. The Bertz CT molecular complexity index is 713. The zero-order chi connectivity index (χ0) is 17.0. The first-order valence-electron chi connectivity index (χ1n) is 7.14. The normalized spacial score (nSPS) is 10.8. The van der Waals surface area contributed by atoms with Crippen molar-refractivity contribution in [3.8, 4) is 23.0 Å². The van der Waals surface area contributed by atoms with E-state index in [2.05, 4.69) is 4.99 Å². The summed E-state index contributed by atoms with van der Waals surface area (Å²) >= 11 is 0. The van der Waals surface area contributed by atoms with Crippen LogP contribution in [-0.2, 0) is 0 Å². The highest BCUT2D eigenvalue weighted by Crippen LogP contribution is 2.38. The first kappa shape index (κ1) is 16.7. The molecule has 5 nitrogen and oxygen atoms in total. The molecule has 0 aromatic heterocycles. The minimum atomic E-state index is 0.180. The van der Waals surface area contributed by atoms with E-state index in [-0.39, 0.29) is 5.75 Å². The van der Waals surface area contributed by atoms with Crippen LogP contribution in [0, 0.1) is 13.8 Å². The molecule has 0 fully saturated rings. The van der Waals surface area contributed by atoms with Gasteiger partial charge in [-0.25, -0.2) is 0 Å². The molecule has 0 saturated carbocycles. The molecule has 0 aliphatic rings. The van der Waals surface area contributed by atoms with Crippen LogP contribution in [0.3, 0.4) is 0 Å². The lowest BCUT2D eigenvalue weighted by Gasteiger charge is -2.12. The Hall–Kier alpha value is -2.69. The number of aryl methyl sites for hydroxylation is 2. The van der Waals surface area contributed by atoms with Crippen LogP contribution in [0.25, 0.3) is 0 Å². The summed E-state index contributed by atoms with van der Waals surface area (Å²) in [6.45, 7) is 3.81. The van der Waals surface area contributed by atoms with Crippen molar-refractivity contribution in [1.29, 1.82) is 0 Å². The summed E-state index contributed by atoms with van der Waals surface area (Å²) in [6.07, 6.45) is 1.65. The van der Waals surface area contributed by atoms with Gasteiger partial charge in [0.1, 0.15) is 11.4 Å². The summed E-state index contributed by atoms with van der Waals surface area (Å²) in [5.41, 5.74) is 3.13. The van der Waals surface area contributed by atoms with Crippen molar-refractivity contribution in [2.45, 2.75) is 13.8 Å². The van der Waals surface area contributed by atoms with Crippen LogP contribution < -0.4 is 14.2 Å². The van der Waals surface area contributed by atoms with Gasteiger partial charge in [-0.05, 0) is 43.2 Å². The van der Waals surface area contributed by atoms with E-state index in [4.69, 9.17) is 14.2 Å². The third-order valence-corrected chi connectivity index (χ3v) is 3.46. The molecule has 0 atom stereocenters. The molecular weight excluding hydrogens is 294 g/mol. The van der Waals surface area contributed by atoms with Crippen molar-refractivity contribution in [2.75, 3.05) is 21.3 Å². The van der Waals surface area contributed by atoms with E-state index < -0.39 is 0 Å². The van der Waals surface area contributed by atoms with Crippen molar-refractivity contribution < 1.29 is 19.3 Å². The van der Waals surface area contributed by atoms with E-state index in [1.165, 1.54) is 0 Å². The number of nitrogens with zero attached hydrogens (tertiary/aromatic N) is 1. The van der Waals surface area contributed by atoms with Crippen LogP contribution in [0.15, 0.2) is 29.3 Å². The van der Waals surface area contributed by atoms with Crippen molar-refractivity contribution in [3.05, 3.63) is 41.0 Å². The van der Waals surface area contributed by atoms with Gasteiger partial charge in [0.05, 0.1) is 21.3 Å². The fourth-order valence-corrected chi connectivity index (χ4v) is 2.36. The van der Waals surface area contributed by atoms with Crippen molar-refractivity contribution in [2.24, 2.45) is 4.99 Å². The Morgan fingerprint density at radius 3 is 2.04 bits per heavy atom. The van der Waals surface area contributed by atoms with E-state index in [9.17, 15) is 5.11 Å². The van der Waals surface area contributed by atoms with E-state index in [1.54, 1.807) is 39.7 Å². The largest absolute Gasteiger partial charge is 0.505 e. The van der Waals surface area contributed by atoms with Gasteiger partial charge in [-0.15, -0.1) is 0 Å². The van der Waals surface area contributed by atoms with E-state index >= 15 is 0 Å². The molecule has 2 rings (SSSR count). The Morgan fingerprint density at radius 1 is 0.913 bits per heavy atom. The van der Waals surface area contributed by atoms with Gasteiger partial charge < -0.3 is 19.3 Å². The number of aliphatic imine (C=N–C) groups is 1. The number of methoxy groups -OCH3 is 3. The van der Waals surface area contributed by atoms with Gasteiger partial charge in [-0.1, -0.05) is 6.07 Å². The molecular formula is C18H21NO4. The predicted octanol–water partition coefficient (Wildman–Crippen LogP) is 3.79. The van der Waals surface area contributed by atoms with Crippen molar-refractivity contribution in [3.63, 3.8) is 0 Å². The van der Waals surface area contributed by atoms with Gasteiger partial charge in [0.25, 0.3) is 0 Å². The fourth-order valence-electron chi connectivity index (χ4n) is 2.36. The van der Waals surface area contributed by atoms with Crippen LogP contribution in [0.2, 0.25) is 0 Å². The zero-order valence-electron chi connectivity index (χ0n) is 14.0. The third kappa shape index (κ3) is 3.56. The standard InChI is InChI=1S/C18H21NO4/c1-11-6-12(2)17(20)14(7-11)19-10-13-8-15(21-3)18(23-5)16(9-13)22-4/h6-10,20H,1-5H3. The molecule has 0 aliphatic heterocycles. The Labute approximate surface area is 136 Å². The van der Waals surface area contributed by atoms with E-state index in [0.29, 0.717) is 22.9 Å². The van der Waals surface area contributed by atoms with Crippen LogP contribution in [0.1, 0.15) is 16.7 Å². The summed E-state index contributed by atoms with van der Waals surface area (Å²) in [6, 6.07) is 7.33. The van der Waals surface area contributed by atoms with Gasteiger partial charge >= 0.3 is 0 Å². The lowest BCUT2D eigenvalue weighted by Crippen LogP contribution is -1.96. The predicted molar refractivity (Wildman–Crippen MR) is 90.9 cm³/mol. The fraction of sp³-hybridized carbons (Fsp3) is 0.278. The van der Waals surface area contributed by atoms with Crippen LogP contribution in [0.4, 0.5) is 5.69 Å². The molecule has 0 heterocycles. The maximum atomic E-state index is 10.1. The molecule has 122 valence electrons. The Morgan fingerprint density at radius 2 is 1.52 bits per heavy atom. The maximum absolute atomic E-state index is 10.1. The van der Waals surface area contributed by atoms with Gasteiger partial charge in [0.15, 0.2) is 11.5 Å². The molecule has 1 N–H and O–H groups in total. The van der Waals surface area contributed by atoms with Crippen molar-refractivity contribution in [1.82, 2.24) is 0 Å². The molecule has 0 amide bonds. The molecule has 0 saturated heterocycles. The molecule has 0 aliphatic carbocycles. The second-order valence-corrected chi connectivity index (χ2v) is 5.17. The molecule has 0 bridgehead atoms. The van der Waals surface area contributed by atoms with Gasteiger partial charge in [-0.2, -0.15) is 0 Å². The molecule has 2 aromatic rings. The summed E-state index contributed by atoms with van der Waals surface area (Å²) in [5, 5.41) is 10.1. The number of aromatic hydroxyl groups is 1. The number of phenols is 1. The molecule has 23 heavy (non-hydrogen) atoms. The van der Waals surface area contributed by atoms with E-state index in [1.807, 2.05) is 26.0 Å². The minimum absolute atomic E-state index is 0.180. The SMILES string of the molecule is COc1cc(C=Nc2cc(C)cc(C)c2O)cc(OC)c1OC. The second-order valence-electron chi connectivity index (χ2n) is 5.17. The lowest BCUT2D eigenvalue weighted by atomic mass is 10.1. The summed E-state index contributed by atoms with van der Waals surface area (Å²) in [7, 11) is 4.68. The number of rotatable bonds is 5. The molecule has 0 unspecified atom stereocenters. The summed E-state index contributed by atoms with van der Waals surface area (Å²) in [5.74, 6) is 1.82. The highest BCUT2D eigenvalue weighted by atomic mass is 16.5. The number of ether oxygens (including phenoxy) is 3. The Kier molecular flexibility index (Phi) is 5.11. The average molecular weight is 315 g/mol. The second kappa shape index (κ2) is 7.05. The molecule has 5 heteroatoms. The minimum Gasteiger partial charge on any atom is -0.505 e. The van der Waals surface area contributed by atoms with Crippen LogP contribution in [0.5, 0.6) is 23.0 Å². The highest BCUT2D eigenvalue weighted by Gasteiger charge is 2.12. The quantitative estimate of drug-likeness (QED) is 0.853. The van der Waals surface area contributed by atoms with Crippen LogP contribution >= 0.6 is 0 Å². The first-order chi connectivity index (χ1) is 11.0. The van der Waals surface area contributed by atoms with Crippen molar-refractivity contribution >= 4 is 11.9 Å². The third-order valence-electron chi connectivity index (χ3n) is 3.46. The first-order valence-corrected chi connectivity index (χ1v) is 7.14. The van der Waals surface area contributed by atoms with Crippen LogP contribution in [-0.4, -0.2) is 32.7 Å². The number of hydrogen-bond donors (Lipinski definition) is 1. The van der Waals surface area contributed by atoms with Gasteiger partial charge in [0, 0.05) is 11.8 Å². The van der Waals surface area contributed by atoms with Gasteiger partial charge in [-0.3, -0.25) is 4.99 Å². The summed E-state index contributed by atoms with van der Waals surface area (Å²) in [4.78, 5) is 4.38. The average Bonchev–Trinajstić information content (AvgIpc) is 2.55. The molecule has 2 aromatic carbocycles. The number of benzene rings is 2. The topological polar surface area (TPSA) is 60.3 Å². The molecule has 0 spiro atoms. The number of hydrogen-bond acceptors (Lipinski definition) is 5. The maximum Gasteiger partial charge on any atom is 0.203 e. The molecule has 0 radical (unpaired) electrons. The number of phenolic OH excluding ortho intramolecular Hbond substituents is 1.